The van der Waals surface area contributed by atoms with Gasteiger partial charge >= 0.3 is 5.97 Å². The molecule has 88 valence electrons. The normalized spacial score (nSPS) is 12.1. The van der Waals surface area contributed by atoms with Crippen molar-refractivity contribution in [2.45, 2.75) is 13.0 Å². The van der Waals surface area contributed by atoms with Gasteiger partial charge in [0, 0.05) is 11.8 Å². The smallest absolute Gasteiger partial charge is 0.344 e. The molecule has 5 nitrogen and oxygen atoms in total. The Kier molecular flexibility index (Phi) is 3.09. The lowest BCUT2D eigenvalue weighted by atomic mass is 10.1. The summed E-state index contributed by atoms with van der Waals surface area (Å²) in [7, 11) is 0. The highest BCUT2D eigenvalue weighted by atomic mass is 16.5. The fraction of sp³-hybridized carbons (Fsp3) is 0.167. The summed E-state index contributed by atoms with van der Waals surface area (Å²) < 4.78 is 5.38. The van der Waals surface area contributed by atoms with Gasteiger partial charge in [0.1, 0.15) is 5.75 Å². The molecular weight excluding hydrogens is 220 g/mol. The van der Waals surface area contributed by atoms with E-state index in [1.807, 2.05) is 12.1 Å². The fourth-order valence-electron chi connectivity index (χ4n) is 1.44. The Hall–Kier alpha value is -2.30. The summed E-state index contributed by atoms with van der Waals surface area (Å²) in [5.41, 5.74) is 1.58. The molecule has 0 aliphatic carbocycles. The van der Waals surface area contributed by atoms with Gasteiger partial charge in [-0.05, 0) is 25.1 Å². The maximum absolute atomic E-state index is 10.8. The number of H-pyrrole nitrogens is 1. The molecule has 5 heteroatoms. The van der Waals surface area contributed by atoms with Crippen LogP contribution in [0, 0.1) is 0 Å². The van der Waals surface area contributed by atoms with Crippen LogP contribution in [0.1, 0.15) is 6.92 Å². The van der Waals surface area contributed by atoms with E-state index < -0.39 is 12.1 Å². The van der Waals surface area contributed by atoms with Crippen molar-refractivity contribution >= 4 is 5.97 Å². The van der Waals surface area contributed by atoms with Crippen LogP contribution in [0.25, 0.3) is 11.3 Å². The minimum atomic E-state index is -0.996. The summed E-state index contributed by atoms with van der Waals surface area (Å²) in [5, 5.41) is 15.5. The van der Waals surface area contributed by atoms with Crippen LogP contribution in [0.15, 0.2) is 36.5 Å². The van der Waals surface area contributed by atoms with Crippen molar-refractivity contribution < 1.29 is 14.6 Å². The van der Waals surface area contributed by atoms with Crippen LogP contribution >= 0.6 is 0 Å². The molecule has 2 N–H and O–H groups in total. The topological polar surface area (TPSA) is 75.2 Å². The molecule has 0 fully saturated rings. The van der Waals surface area contributed by atoms with E-state index in [2.05, 4.69) is 10.2 Å². The second-order valence-corrected chi connectivity index (χ2v) is 3.56. The molecule has 0 saturated carbocycles. The minimum Gasteiger partial charge on any atom is -0.479 e. The lowest BCUT2D eigenvalue weighted by molar-refractivity contribution is -0.144. The van der Waals surface area contributed by atoms with E-state index in [-0.39, 0.29) is 0 Å². The molecule has 0 bridgehead atoms. The number of aromatic amines is 1. The number of aromatic nitrogens is 2. The molecule has 1 aromatic heterocycles. The van der Waals surface area contributed by atoms with Gasteiger partial charge in [-0.25, -0.2) is 4.79 Å². The molecule has 0 saturated heterocycles. The second kappa shape index (κ2) is 4.69. The zero-order valence-electron chi connectivity index (χ0n) is 9.25. The average Bonchev–Trinajstić information content (AvgIpc) is 2.83. The highest BCUT2D eigenvalue weighted by Gasteiger charge is 2.15. The number of carbonyl (C=O) groups is 1. The fourth-order valence-corrected chi connectivity index (χ4v) is 1.44. The van der Waals surface area contributed by atoms with Crippen LogP contribution in [0.2, 0.25) is 0 Å². The maximum atomic E-state index is 10.8. The van der Waals surface area contributed by atoms with Crippen molar-refractivity contribution in [2.24, 2.45) is 0 Å². The number of hydrogen-bond donors (Lipinski definition) is 2. The number of rotatable bonds is 4. The molecule has 0 amide bonds. The zero-order valence-corrected chi connectivity index (χ0v) is 9.25. The summed E-state index contributed by atoms with van der Waals surface area (Å²) in [6, 6.07) is 9.03. The molecule has 0 aliphatic heterocycles. The van der Waals surface area contributed by atoms with Crippen LogP contribution in [0.3, 0.4) is 0 Å². The molecule has 1 heterocycles. The van der Waals surface area contributed by atoms with Crippen molar-refractivity contribution in [3.8, 4) is 17.0 Å². The predicted octanol–water partition coefficient (Wildman–Crippen LogP) is 1.93. The Morgan fingerprint density at radius 1 is 1.41 bits per heavy atom. The first-order valence-electron chi connectivity index (χ1n) is 5.16. The quantitative estimate of drug-likeness (QED) is 0.844. The van der Waals surface area contributed by atoms with Crippen LogP contribution in [0.4, 0.5) is 0 Å². The van der Waals surface area contributed by atoms with Gasteiger partial charge in [-0.15, -0.1) is 0 Å². The van der Waals surface area contributed by atoms with Crippen LogP contribution in [-0.4, -0.2) is 27.4 Å². The van der Waals surface area contributed by atoms with E-state index >= 15 is 0 Å². The van der Waals surface area contributed by atoms with Crippen molar-refractivity contribution in [3.63, 3.8) is 0 Å². The molecule has 0 radical (unpaired) electrons. The highest BCUT2D eigenvalue weighted by molar-refractivity contribution is 5.73. The number of aliphatic carboxylic acids is 1. The van der Waals surface area contributed by atoms with Crippen molar-refractivity contribution in [1.82, 2.24) is 10.2 Å². The van der Waals surface area contributed by atoms with E-state index in [4.69, 9.17) is 9.84 Å². The number of nitrogens with zero attached hydrogens (tertiary/aromatic N) is 1. The largest absolute Gasteiger partial charge is 0.479 e. The minimum absolute atomic E-state index is 0.520. The molecule has 1 unspecified atom stereocenters. The van der Waals surface area contributed by atoms with Gasteiger partial charge in [0.15, 0.2) is 6.10 Å². The zero-order chi connectivity index (χ0) is 12.3. The first-order valence-corrected chi connectivity index (χ1v) is 5.16. The number of ether oxygens (including phenoxy) is 1. The highest BCUT2D eigenvalue weighted by Crippen LogP contribution is 2.28. The third-order valence-electron chi connectivity index (χ3n) is 2.33. The lowest BCUT2D eigenvalue weighted by Gasteiger charge is -2.13. The lowest BCUT2D eigenvalue weighted by Crippen LogP contribution is -2.23. The number of hydrogen-bond acceptors (Lipinski definition) is 3. The Balaban J connectivity index is 2.32. The van der Waals surface area contributed by atoms with Gasteiger partial charge in [-0.2, -0.15) is 5.10 Å². The molecule has 0 aliphatic rings. The van der Waals surface area contributed by atoms with Crippen molar-refractivity contribution in [1.29, 1.82) is 0 Å². The molecule has 2 rings (SSSR count). The van der Waals surface area contributed by atoms with Gasteiger partial charge in [0.05, 0.1) is 5.69 Å². The summed E-state index contributed by atoms with van der Waals surface area (Å²) in [6.07, 6.45) is 0.742. The number of nitrogens with one attached hydrogen (secondary N) is 1. The first-order chi connectivity index (χ1) is 8.18. The summed E-state index contributed by atoms with van der Waals surface area (Å²) in [4.78, 5) is 10.8. The first kappa shape index (κ1) is 11.2. The summed E-state index contributed by atoms with van der Waals surface area (Å²) in [6.45, 7) is 1.49. The van der Waals surface area contributed by atoms with E-state index in [9.17, 15) is 4.79 Å². The Morgan fingerprint density at radius 2 is 2.18 bits per heavy atom. The van der Waals surface area contributed by atoms with Gasteiger partial charge in [-0.1, -0.05) is 12.1 Å². The molecule has 1 atom stereocenters. The van der Waals surface area contributed by atoms with E-state index in [0.29, 0.717) is 5.75 Å². The van der Waals surface area contributed by atoms with E-state index in [1.54, 1.807) is 24.4 Å². The van der Waals surface area contributed by atoms with Gasteiger partial charge in [-0.3, -0.25) is 5.10 Å². The molecular formula is C12H12N2O3. The summed E-state index contributed by atoms with van der Waals surface area (Å²) in [5.74, 6) is -0.476. The molecule has 17 heavy (non-hydrogen) atoms. The van der Waals surface area contributed by atoms with Gasteiger partial charge in [0.25, 0.3) is 0 Å². The molecule has 2 aromatic rings. The Morgan fingerprint density at radius 3 is 2.82 bits per heavy atom. The van der Waals surface area contributed by atoms with E-state index in [1.165, 1.54) is 6.92 Å². The Labute approximate surface area is 98.0 Å². The van der Waals surface area contributed by atoms with Crippen molar-refractivity contribution in [2.75, 3.05) is 0 Å². The summed E-state index contributed by atoms with van der Waals surface area (Å²) >= 11 is 0. The van der Waals surface area contributed by atoms with Crippen molar-refractivity contribution in [3.05, 3.63) is 36.5 Å². The number of para-hydroxylation sites is 1. The number of carboxylic acid groups (broad SMARTS) is 1. The monoisotopic (exact) mass is 232 g/mol. The predicted molar refractivity (Wildman–Crippen MR) is 61.7 cm³/mol. The SMILES string of the molecule is CC(Oc1ccccc1-c1ccn[nH]1)C(=O)O. The standard InChI is InChI=1S/C12H12N2O3/c1-8(12(15)16)17-11-5-3-2-4-9(11)10-6-7-13-14-10/h2-8H,1H3,(H,13,14)(H,15,16). The number of benzene rings is 1. The molecule has 0 spiro atoms. The van der Waals surface area contributed by atoms with Crippen LogP contribution < -0.4 is 4.74 Å². The number of carboxylic acids is 1. The van der Waals surface area contributed by atoms with Gasteiger partial charge in [0.2, 0.25) is 0 Å². The Bertz CT molecular complexity index is 508. The maximum Gasteiger partial charge on any atom is 0.344 e. The van der Waals surface area contributed by atoms with E-state index in [0.717, 1.165) is 11.3 Å². The third kappa shape index (κ3) is 2.44. The third-order valence-corrected chi connectivity index (χ3v) is 2.33. The average molecular weight is 232 g/mol. The van der Waals surface area contributed by atoms with Gasteiger partial charge < -0.3 is 9.84 Å². The van der Waals surface area contributed by atoms with Crippen LogP contribution in [-0.2, 0) is 4.79 Å². The molecule has 1 aromatic carbocycles. The van der Waals surface area contributed by atoms with Crippen LogP contribution in [0.5, 0.6) is 5.75 Å². The second-order valence-electron chi connectivity index (χ2n) is 3.56.